The van der Waals surface area contributed by atoms with Gasteiger partial charge in [0.05, 0.1) is 18.2 Å². The number of cyclic esters (lactones) is 1. The molecule has 0 amide bonds. The molecule has 2 aliphatic carbocycles. The molecular weight excluding hydrogens is 310 g/mol. The number of esters is 1. The van der Waals surface area contributed by atoms with Crippen LogP contribution in [0.3, 0.4) is 0 Å². The molecule has 122 valence electrons. The lowest BCUT2D eigenvalue weighted by molar-refractivity contribution is -0.142. The summed E-state index contributed by atoms with van der Waals surface area (Å²) in [6, 6.07) is 5.68. The molecule has 0 N–H and O–H groups in total. The van der Waals surface area contributed by atoms with Crippen molar-refractivity contribution in [3.05, 3.63) is 35.1 Å². The lowest BCUT2D eigenvalue weighted by Gasteiger charge is -2.44. The number of carbonyl (C=O) groups is 1. The van der Waals surface area contributed by atoms with E-state index in [1.807, 2.05) is 12.1 Å². The van der Waals surface area contributed by atoms with E-state index in [-0.39, 0.29) is 11.9 Å². The standard InChI is InChI=1S/C19H22ClNO2/c20-18-7-3-5-13(21-18)8-9-15-14-6-2-1-4-12(14)10-16-17(15)11-23-19(16)22/h3,5,7-9,12,14-17H,1-2,4,6,10-11H2/b9-8+. The lowest BCUT2D eigenvalue weighted by Crippen LogP contribution is -2.41. The fourth-order valence-corrected chi connectivity index (χ4v) is 5.09. The SMILES string of the molecule is O=C1OCC2C1CC1CCCCC1C2/C=C/c1cccc(Cl)n1. The number of rotatable bonds is 2. The molecule has 5 atom stereocenters. The van der Waals surface area contributed by atoms with E-state index in [4.69, 9.17) is 16.3 Å². The predicted molar refractivity (Wildman–Crippen MR) is 89.8 cm³/mol. The van der Waals surface area contributed by atoms with E-state index in [2.05, 4.69) is 17.1 Å². The number of carbonyl (C=O) groups excluding carboxylic acids is 1. The van der Waals surface area contributed by atoms with Gasteiger partial charge < -0.3 is 4.74 Å². The Bertz CT molecular complexity index is 630. The lowest BCUT2D eigenvalue weighted by atomic mass is 9.58. The monoisotopic (exact) mass is 331 g/mol. The Labute approximate surface area is 142 Å². The number of hydrogen-bond donors (Lipinski definition) is 0. The van der Waals surface area contributed by atoms with Gasteiger partial charge in [0.25, 0.3) is 0 Å². The molecule has 0 spiro atoms. The average Bonchev–Trinajstić information content (AvgIpc) is 2.93. The Kier molecular flexibility index (Phi) is 4.14. The zero-order chi connectivity index (χ0) is 15.8. The quantitative estimate of drug-likeness (QED) is 0.597. The third-order valence-corrected chi connectivity index (χ3v) is 6.19. The van der Waals surface area contributed by atoms with Crippen LogP contribution in [0.4, 0.5) is 0 Å². The topological polar surface area (TPSA) is 39.2 Å². The second-order valence-corrected chi connectivity index (χ2v) is 7.55. The van der Waals surface area contributed by atoms with Crippen molar-refractivity contribution in [2.45, 2.75) is 32.1 Å². The maximum Gasteiger partial charge on any atom is 0.309 e. The van der Waals surface area contributed by atoms with Gasteiger partial charge in [-0.2, -0.15) is 0 Å². The van der Waals surface area contributed by atoms with Crippen molar-refractivity contribution in [1.29, 1.82) is 0 Å². The number of pyridine rings is 1. The second kappa shape index (κ2) is 6.27. The van der Waals surface area contributed by atoms with Crippen molar-refractivity contribution in [3.63, 3.8) is 0 Å². The molecular formula is C19H22ClNO2. The summed E-state index contributed by atoms with van der Waals surface area (Å²) in [6.07, 6.45) is 10.6. The van der Waals surface area contributed by atoms with Crippen LogP contribution in [0.15, 0.2) is 24.3 Å². The van der Waals surface area contributed by atoms with Gasteiger partial charge in [0.2, 0.25) is 0 Å². The Morgan fingerprint density at radius 1 is 1.22 bits per heavy atom. The highest BCUT2D eigenvalue weighted by Gasteiger charge is 2.50. The molecule has 2 heterocycles. The van der Waals surface area contributed by atoms with E-state index in [1.54, 1.807) is 6.07 Å². The largest absolute Gasteiger partial charge is 0.465 e. The highest BCUT2D eigenvalue weighted by Crippen LogP contribution is 2.51. The summed E-state index contributed by atoms with van der Waals surface area (Å²) in [7, 11) is 0. The number of allylic oxidation sites excluding steroid dienone is 1. The number of ether oxygens (including phenoxy) is 1. The summed E-state index contributed by atoms with van der Waals surface area (Å²) in [5.74, 6) is 2.27. The molecule has 1 aromatic heterocycles. The molecule has 3 aliphatic rings. The molecule has 3 fully saturated rings. The molecule has 23 heavy (non-hydrogen) atoms. The van der Waals surface area contributed by atoms with Gasteiger partial charge in [0.15, 0.2) is 0 Å². The van der Waals surface area contributed by atoms with Crippen LogP contribution in [0, 0.1) is 29.6 Å². The highest BCUT2D eigenvalue weighted by atomic mass is 35.5. The molecule has 0 bridgehead atoms. The number of aromatic nitrogens is 1. The number of halogens is 1. The van der Waals surface area contributed by atoms with Gasteiger partial charge in [0.1, 0.15) is 5.15 Å². The molecule has 4 rings (SSSR count). The summed E-state index contributed by atoms with van der Waals surface area (Å²) in [4.78, 5) is 16.4. The van der Waals surface area contributed by atoms with Crippen molar-refractivity contribution in [1.82, 2.24) is 4.98 Å². The Morgan fingerprint density at radius 2 is 2.09 bits per heavy atom. The highest BCUT2D eigenvalue weighted by molar-refractivity contribution is 6.29. The van der Waals surface area contributed by atoms with Gasteiger partial charge in [-0.15, -0.1) is 0 Å². The second-order valence-electron chi connectivity index (χ2n) is 7.17. The third-order valence-electron chi connectivity index (χ3n) is 5.98. The van der Waals surface area contributed by atoms with Crippen LogP contribution in [-0.4, -0.2) is 17.6 Å². The van der Waals surface area contributed by atoms with Crippen LogP contribution in [0.2, 0.25) is 5.15 Å². The Hall–Kier alpha value is -1.35. The first-order valence-electron chi connectivity index (χ1n) is 8.70. The van der Waals surface area contributed by atoms with Gasteiger partial charge in [-0.1, -0.05) is 43.0 Å². The first-order chi connectivity index (χ1) is 11.2. The molecule has 0 radical (unpaired) electrons. The molecule has 0 aromatic carbocycles. The molecule has 3 nitrogen and oxygen atoms in total. The van der Waals surface area contributed by atoms with Crippen molar-refractivity contribution >= 4 is 23.6 Å². The van der Waals surface area contributed by atoms with E-state index >= 15 is 0 Å². The van der Waals surface area contributed by atoms with E-state index < -0.39 is 0 Å². The van der Waals surface area contributed by atoms with Crippen molar-refractivity contribution in [2.24, 2.45) is 29.6 Å². The van der Waals surface area contributed by atoms with E-state index in [0.717, 1.165) is 12.1 Å². The first-order valence-corrected chi connectivity index (χ1v) is 9.07. The zero-order valence-electron chi connectivity index (χ0n) is 13.2. The van der Waals surface area contributed by atoms with E-state index in [1.165, 1.54) is 25.7 Å². The zero-order valence-corrected chi connectivity index (χ0v) is 13.9. The maximum absolute atomic E-state index is 12.1. The molecule has 5 unspecified atom stereocenters. The van der Waals surface area contributed by atoms with E-state index in [0.29, 0.717) is 35.4 Å². The maximum atomic E-state index is 12.1. The minimum Gasteiger partial charge on any atom is -0.465 e. The molecule has 1 saturated heterocycles. The molecule has 1 aromatic rings. The number of nitrogens with zero attached hydrogens (tertiary/aromatic N) is 1. The normalized spacial score (nSPS) is 36.6. The summed E-state index contributed by atoms with van der Waals surface area (Å²) in [6.45, 7) is 0.588. The van der Waals surface area contributed by atoms with Crippen LogP contribution < -0.4 is 0 Å². The summed E-state index contributed by atoms with van der Waals surface area (Å²) in [5.41, 5.74) is 0.886. The van der Waals surface area contributed by atoms with Crippen LogP contribution >= 0.6 is 11.6 Å². The van der Waals surface area contributed by atoms with Crippen molar-refractivity contribution < 1.29 is 9.53 Å². The van der Waals surface area contributed by atoms with Crippen molar-refractivity contribution in [2.75, 3.05) is 6.61 Å². The number of fused-ring (bicyclic) bond motifs is 2. The van der Waals surface area contributed by atoms with Crippen LogP contribution in [0.1, 0.15) is 37.8 Å². The average molecular weight is 332 g/mol. The Morgan fingerprint density at radius 3 is 2.96 bits per heavy atom. The Balaban J connectivity index is 1.61. The van der Waals surface area contributed by atoms with Crippen LogP contribution in [0.5, 0.6) is 0 Å². The van der Waals surface area contributed by atoms with Gasteiger partial charge in [-0.3, -0.25) is 4.79 Å². The molecule has 4 heteroatoms. The fourth-order valence-electron chi connectivity index (χ4n) is 4.92. The smallest absolute Gasteiger partial charge is 0.309 e. The van der Waals surface area contributed by atoms with Crippen LogP contribution in [0.25, 0.3) is 6.08 Å². The van der Waals surface area contributed by atoms with Gasteiger partial charge in [0, 0.05) is 5.92 Å². The number of hydrogen-bond acceptors (Lipinski definition) is 3. The molecule has 1 aliphatic heterocycles. The minimum atomic E-state index is 0.0262. The van der Waals surface area contributed by atoms with E-state index in [9.17, 15) is 4.79 Å². The fraction of sp³-hybridized carbons (Fsp3) is 0.579. The first kappa shape index (κ1) is 15.2. The summed E-state index contributed by atoms with van der Waals surface area (Å²) < 4.78 is 5.40. The van der Waals surface area contributed by atoms with Crippen LogP contribution in [-0.2, 0) is 9.53 Å². The third kappa shape index (κ3) is 2.91. The van der Waals surface area contributed by atoms with Gasteiger partial charge >= 0.3 is 5.97 Å². The van der Waals surface area contributed by atoms with Crippen molar-refractivity contribution in [3.8, 4) is 0 Å². The van der Waals surface area contributed by atoms with Gasteiger partial charge in [-0.25, -0.2) is 4.98 Å². The van der Waals surface area contributed by atoms with Gasteiger partial charge in [-0.05, 0) is 48.8 Å². The summed E-state index contributed by atoms with van der Waals surface area (Å²) in [5, 5.41) is 0.517. The predicted octanol–water partition coefficient (Wildman–Crippen LogP) is 4.36. The summed E-state index contributed by atoms with van der Waals surface area (Å²) >= 11 is 5.98. The minimum absolute atomic E-state index is 0.0262. The molecule has 2 saturated carbocycles.